The lowest BCUT2D eigenvalue weighted by molar-refractivity contribution is 0.177. The van der Waals surface area contributed by atoms with Gasteiger partial charge in [0.15, 0.2) is 0 Å². The highest BCUT2D eigenvalue weighted by molar-refractivity contribution is 9.10. The molecule has 1 saturated heterocycles. The summed E-state index contributed by atoms with van der Waals surface area (Å²) in [7, 11) is 4.37. The van der Waals surface area contributed by atoms with E-state index in [9.17, 15) is 0 Å². The quantitative estimate of drug-likeness (QED) is 0.628. The van der Waals surface area contributed by atoms with E-state index in [2.05, 4.69) is 56.3 Å². The van der Waals surface area contributed by atoms with E-state index in [1.165, 1.54) is 12.0 Å². The number of hydrogen-bond acceptors (Lipinski definition) is 5. The first-order valence-corrected chi connectivity index (χ1v) is 7.84. The molecule has 2 unspecified atom stereocenters. The lowest BCUT2D eigenvalue weighted by atomic mass is 9.99. The molecule has 1 aromatic rings. The molecule has 0 saturated carbocycles. The first-order valence-electron chi connectivity index (χ1n) is 7.04. The molecule has 0 spiro atoms. The number of nitrogens with zero attached hydrogens (tertiary/aromatic N) is 3. The van der Waals surface area contributed by atoms with Gasteiger partial charge in [0.05, 0.1) is 0 Å². The number of aromatic nitrogens is 1. The largest absolute Gasteiger partial charge is 0.305 e. The number of rotatable bonds is 4. The Bertz CT molecular complexity index is 428. The Labute approximate surface area is 129 Å². The third kappa shape index (κ3) is 4.23. The molecule has 2 heterocycles. The van der Waals surface area contributed by atoms with Crippen molar-refractivity contribution in [2.75, 3.05) is 33.7 Å². The average Bonchev–Trinajstić information content (AvgIpc) is 2.58. The second-order valence-electron chi connectivity index (χ2n) is 5.65. The molecule has 3 N–H and O–H groups in total. The van der Waals surface area contributed by atoms with Crippen LogP contribution in [0.25, 0.3) is 0 Å². The van der Waals surface area contributed by atoms with Gasteiger partial charge in [0.25, 0.3) is 0 Å². The summed E-state index contributed by atoms with van der Waals surface area (Å²) in [5.74, 6) is 5.82. The minimum absolute atomic E-state index is 0.219. The van der Waals surface area contributed by atoms with E-state index in [0.717, 1.165) is 30.5 Å². The fraction of sp³-hybridized carbons (Fsp3) is 0.643. The Balaban J connectivity index is 2.09. The molecule has 0 bridgehead atoms. The van der Waals surface area contributed by atoms with E-state index in [1.807, 2.05) is 6.20 Å². The fourth-order valence-corrected chi connectivity index (χ4v) is 3.28. The Morgan fingerprint density at radius 2 is 2.25 bits per heavy atom. The normalized spacial score (nSPS) is 23.5. The summed E-state index contributed by atoms with van der Waals surface area (Å²) in [5, 5.41) is 0. The summed E-state index contributed by atoms with van der Waals surface area (Å²) in [6, 6.07) is 2.74. The van der Waals surface area contributed by atoms with E-state index in [-0.39, 0.29) is 6.04 Å². The Morgan fingerprint density at radius 1 is 1.45 bits per heavy atom. The van der Waals surface area contributed by atoms with Crippen LogP contribution in [0.15, 0.2) is 22.9 Å². The van der Waals surface area contributed by atoms with Crippen LogP contribution in [0.5, 0.6) is 0 Å². The van der Waals surface area contributed by atoms with Crippen molar-refractivity contribution < 1.29 is 0 Å². The Kier molecular flexibility index (Phi) is 5.92. The average molecular weight is 342 g/mol. The summed E-state index contributed by atoms with van der Waals surface area (Å²) in [4.78, 5) is 9.03. The molecular formula is C14H24BrN5. The van der Waals surface area contributed by atoms with Crippen LogP contribution in [0.2, 0.25) is 0 Å². The number of hydrazine groups is 1. The third-order valence-corrected chi connectivity index (χ3v) is 4.44. The van der Waals surface area contributed by atoms with Gasteiger partial charge in [-0.15, -0.1) is 0 Å². The third-order valence-electron chi connectivity index (χ3n) is 4.01. The minimum Gasteiger partial charge on any atom is -0.305 e. The number of hydrogen-bond donors (Lipinski definition) is 2. The Morgan fingerprint density at radius 3 is 2.95 bits per heavy atom. The van der Waals surface area contributed by atoms with Crippen molar-refractivity contribution in [3.05, 3.63) is 28.5 Å². The van der Waals surface area contributed by atoms with Crippen LogP contribution in [0.3, 0.4) is 0 Å². The predicted octanol–water partition coefficient (Wildman–Crippen LogP) is 0.854. The van der Waals surface area contributed by atoms with Crippen molar-refractivity contribution >= 4 is 15.9 Å². The molecule has 6 heteroatoms. The topological polar surface area (TPSA) is 57.4 Å². The van der Waals surface area contributed by atoms with E-state index < -0.39 is 0 Å². The van der Waals surface area contributed by atoms with Gasteiger partial charge in [-0.25, -0.2) is 0 Å². The van der Waals surface area contributed by atoms with Gasteiger partial charge in [0, 0.05) is 35.5 Å². The molecule has 20 heavy (non-hydrogen) atoms. The van der Waals surface area contributed by atoms with Gasteiger partial charge in [0.1, 0.15) is 0 Å². The predicted molar refractivity (Wildman–Crippen MR) is 85.3 cm³/mol. The molecule has 1 fully saturated rings. The molecule has 1 aromatic heterocycles. The van der Waals surface area contributed by atoms with Crippen LogP contribution >= 0.6 is 15.9 Å². The molecule has 2 rings (SSSR count). The summed E-state index contributed by atoms with van der Waals surface area (Å²) in [6.45, 7) is 3.30. The standard InChI is InChI=1S/C14H24BrN5/c1-19-4-3-5-20(2)14(10-19)13(18-16)7-11-6-12(15)9-17-8-11/h6,8-9,13-14,18H,3-5,7,10,16H2,1-2H3. The maximum atomic E-state index is 5.82. The fourth-order valence-electron chi connectivity index (χ4n) is 2.87. The number of likely N-dealkylation sites (N-methyl/N-ethyl adjacent to an activating group) is 2. The maximum Gasteiger partial charge on any atom is 0.0419 e. The van der Waals surface area contributed by atoms with Crippen molar-refractivity contribution in [2.24, 2.45) is 5.84 Å². The number of nitrogens with two attached hydrogens (primary N) is 1. The highest BCUT2D eigenvalue weighted by Gasteiger charge is 2.28. The molecule has 0 radical (unpaired) electrons. The van der Waals surface area contributed by atoms with Crippen molar-refractivity contribution in [3.8, 4) is 0 Å². The van der Waals surface area contributed by atoms with Crippen LogP contribution < -0.4 is 11.3 Å². The second-order valence-corrected chi connectivity index (χ2v) is 6.57. The van der Waals surface area contributed by atoms with Gasteiger partial charge in [-0.1, -0.05) is 0 Å². The summed E-state index contributed by atoms with van der Waals surface area (Å²) < 4.78 is 1.01. The zero-order valence-corrected chi connectivity index (χ0v) is 13.8. The molecule has 112 valence electrons. The van der Waals surface area contributed by atoms with Gasteiger partial charge in [-0.05, 0) is 67.6 Å². The van der Waals surface area contributed by atoms with Crippen LogP contribution in [0.1, 0.15) is 12.0 Å². The van der Waals surface area contributed by atoms with E-state index >= 15 is 0 Å². The van der Waals surface area contributed by atoms with E-state index in [0.29, 0.717) is 6.04 Å². The van der Waals surface area contributed by atoms with E-state index in [1.54, 1.807) is 6.20 Å². The van der Waals surface area contributed by atoms with Crippen LogP contribution in [-0.4, -0.2) is 60.6 Å². The number of nitrogens with one attached hydrogen (secondary N) is 1. The van der Waals surface area contributed by atoms with Gasteiger partial charge in [-0.3, -0.25) is 16.3 Å². The minimum atomic E-state index is 0.219. The summed E-state index contributed by atoms with van der Waals surface area (Å²) >= 11 is 3.47. The lowest BCUT2D eigenvalue weighted by Crippen LogP contribution is -2.55. The van der Waals surface area contributed by atoms with Gasteiger partial charge in [-0.2, -0.15) is 0 Å². The van der Waals surface area contributed by atoms with Crippen molar-refractivity contribution in [3.63, 3.8) is 0 Å². The van der Waals surface area contributed by atoms with Crippen molar-refractivity contribution in [1.82, 2.24) is 20.2 Å². The number of halogens is 1. The van der Waals surface area contributed by atoms with Gasteiger partial charge >= 0.3 is 0 Å². The monoisotopic (exact) mass is 341 g/mol. The summed E-state index contributed by atoms with van der Waals surface area (Å²) in [5.41, 5.74) is 4.20. The summed E-state index contributed by atoms with van der Waals surface area (Å²) in [6.07, 6.45) is 5.81. The van der Waals surface area contributed by atoms with Gasteiger partial charge < -0.3 is 9.80 Å². The first-order chi connectivity index (χ1) is 9.60. The van der Waals surface area contributed by atoms with Crippen LogP contribution in [0.4, 0.5) is 0 Å². The molecule has 5 nitrogen and oxygen atoms in total. The lowest BCUT2D eigenvalue weighted by Gasteiger charge is -2.34. The molecular weight excluding hydrogens is 318 g/mol. The van der Waals surface area contributed by atoms with E-state index in [4.69, 9.17) is 5.84 Å². The van der Waals surface area contributed by atoms with Gasteiger partial charge in [0.2, 0.25) is 0 Å². The van der Waals surface area contributed by atoms with Crippen molar-refractivity contribution in [1.29, 1.82) is 0 Å². The molecule has 2 atom stereocenters. The smallest absolute Gasteiger partial charge is 0.0419 e. The first kappa shape index (κ1) is 15.9. The molecule has 0 amide bonds. The zero-order chi connectivity index (χ0) is 14.5. The van der Waals surface area contributed by atoms with Crippen LogP contribution in [0, 0.1) is 0 Å². The highest BCUT2D eigenvalue weighted by atomic mass is 79.9. The molecule has 1 aliphatic rings. The number of pyridine rings is 1. The molecule has 0 aromatic carbocycles. The molecule has 0 aliphatic carbocycles. The SMILES string of the molecule is CN1CCCN(C)C(C(Cc2cncc(Br)c2)NN)C1. The second kappa shape index (κ2) is 7.47. The zero-order valence-electron chi connectivity index (χ0n) is 12.2. The highest BCUT2D eigenvalue weighted by Crippen LogP contribution is 2.16. The maximum absolute atomic E-state index is 5.82. The Hall–Kier alpha value is -0.530. The van der Waals surface area contributed by atoms with Crippen molar-refractivity contribution in [2.45, 2.75) is 24.9 Å². The molecule has 1 aliphatic heterocycles. The van der Waals surface area contributed by atoms with Crippen LogP contribution in [-0.2, 0) is 6.42 Å².